The second kappa shape index (κ2) is 2.95. The third kappa shape index (κ3) is 1.27. The van der Waals surface area contributed by atoms with Crippen LogP contribution in [0.3, 0.4) is 0 Å². The molecule has 2 nitrogen and oxygen atoms in total. The maximum atomic E-state index is 13.0. The minimum atomic E-state index is -0.749. The molecule has 13 heavy (non-hydrogen) atoms. The average molecular weight is 204 g/mol. The highest BCUT2D eigenvalue weighted by Gasteiger charge is 2.09. The van der Waals surface area contributed by atoms with Crippen molar-refractivity contribution in [2.45, 2.75) is 0 Å². The molecule has 0 bridgehead atoms. The molecule has 0 aliphatic rings. The first-order chi connectivity index (χ1) is 6.22. The molecule has 1 aromatic carbocycles. The van der Waals surface area contributed by atoms with Gasteiger partial charge in [-0.25, -0.2) is 8.78 Å². The number of fused-ring (bicyclic) bond motifs is 1. The third-order valence-corrected chi connectivity index (χ3v) is 2.06. The lowest BCUT2D eigenvalue weighted by atomic mass is 10.2. The Bertz CT molecular complexity index is 454. The topological polar surface area (TPSA) is 17.8 Å². The number of rotatable bonds is 1. The van der Waals surface area contributed by atoms with Gasteiger partial charge < -0.3 is 0 Å². The second-order valence-corrected chi connectivity index (χ2v) is 2.89. The first-order valence-electron chi connectivity index (χ1n) is 3.34. The van der Waals surface area contributed by atoms with Gasteiger partial charge in [-0.2, -0.15) is 9.19 Å². The molecule has 0 amide bonds. The molecule has 0 saturated carbocycles. The van der Waals surface area contributed by atoms with Gasteiger partial charge in [0.15, 0.2) is 12.3 Å². The summed E-state index contributed by atoms with van der Waals surface area (Å²) in [5, 5.41) is 3.62. The maximum Gasteiger partial charge on any atom is 0.188 e. The van der Waals surface area contributed by atoms with Crippen LogP contribution in [0.4, 0.5) is 12.7 Å². The van der Waals surface area contributed by atoms with Crippen LogP contribution in [-0.4, -0.2) is 9.19 Å². The van der Waals surface area contributed by atoms with Crippen LogP contribution in [-0.2, 0) is 0 Å². The van der Waals surface area contributed by atoms with Gasteiger partial charge in [0.2, 0.25) is 0 Å². The molecule has 2 rings (SSSR count). The number of halogens is 3. The third-order valence-electron chi connectivity index (χ3n) is 1.64. The van der Waals surface area contributed by atoms with E-state index in [9.17, 15) is 12.7 Å². The molecule has 1 heterocycles. The number of aromatic nitrogens is 2. The van der Waals surface area contributed by atoms with Gasteiger partial charge in [0.25, 0.3) is 0 Å². The molecule has 1 aromatic heterocycles. The van der Waals surface area contributed by atoms with E-state index < -0.39 is 11.6 Å². The Morgan fingerprint density at radius 3 is 2.77 bits per heavy atom. The van der Waals surface area contributed by atoms with Crippen LogP contribution in [0.2, 0.25) is 0 Å². The summed E-state index contributed by atoms with van der Waals surface area (Å²) in [5.41, 5.74) is 0.0880. The molecule has 0 atom stereocenters. The van der Waals surface area contributed by atoms with Crippen LogP contribution in [0.5, 0.6) is 0 Å². The van der Waals surface area contributed by atoms with Crippen LogP contribution < -0.4 is 0 Å². The van der Waals surface area contributed by atoms with Crippen molar-refractivity contribution >= 4 is 23.2 Å². The molecular weight excluding hydrogens is 201 g/mol. The predicted octanol–water partition coefficient (Wildman–Crippen LogP) is 2.70. The molecule has 0 spiro atoms. The van der Waals surface area contributed by atoms with Crippen molar-refractivity contribution in [3.8, 4) is 0 Å². The monoisotopic (exact) mass is 204 g/mol. The molecule has 0 radical (unpaired) electrons. The zero-order chi connectivity index (χ0) is 9.42. The van der Waals surface area contributed by atoms with Crippen molar-refractivity contribution in [2.24, 2.45) is 0 Å². The highest BCUT2D eigenvalue weighted by atomic mass is 32.2. The van der Waals surface area contributed by atoms with Gasteiger partial charge in [-0.1, -0.05) is 0 Å². The van der Waals surface area contributed by atoms with Gasteiger partial charge in [0, 0.05) is 12.1 Å². The highest BCUT2D eigenvalue weighted by molar-refractivity contribution is 7.92. The largest absolute Gasteiger partial charge is 0.207 e. The van der Waals surface area contributed by atoms with Crippen LogP contribution in [0.25, 0.3) is 10.9 Å². The lowest BCUT2D eigenvalue weighted by Gasteiger charge is -1.95. The van der Waals surface area contributed by atoms with Crippen molar-refractivity contribution < 1.29 is 12.7 Å². The second-order valence-electron chi connectivity index (χ2n) is 2.41. The Balaban J connectivity index is 2.82. The average Bonchev–Trinajstić information content (AvgIpc) is 2.47. The van der Waals surface area contributed by atoms with Crippen LogP contribution in [0.1, 0.15) is 0 Å². The predicted molar refractivity (Wildman–Crippen MR) is 43.7 cm³/mol. The van der Waals surface area contributed by atoms with Gasteiger partial charge in [0.05, 0.1) is 17.1 Å². The Morgan fingerprint density at radius 1 is 1.31 bits per heavy atom. The Kier molecular flexibility index (Phi) is 1.91. The zero-order valence-corrected chi connectivity index (χ0v) is 6.99. The van der Waals surface area contributed by atoms with Crippen LogP contribution >= 0.6 is 12.3 Å². The normalized spacial score (nSPS) is 11.0. The van der Waals surface area contributed by atoms with E-state index in [1.807, 2.05) is 0 Å². The van der Waals surface area contributed by atoms with E-state index in [1.54, 1.807) is 0 Å². The molecular formula is C7H3F3N2S. The fraction of sp³-hybridized carbons (Fsp3) is 0. The van der Waals surface area contributed by atoms with E-state index >= 15 is 0 Å². The molecule has 0 fully saturated rings. The fourth-order valence-electron chi connectivity index (χ4n) is 1.08. The molecule has 0 N–H and O–H groups in total. The van der Waals surface area contributed by atoms with Crippen molar-refractivity contribution in [3.63, 3.8) is 0 Å². The highest BCUT2D eigenvalue weighted by Crippen LogP contribution is 2.22. The van der Waals surface area contributed by atoms with Crippen molar-refractivity contribution in [3.05, 3.63) is 30.0 Å². The smallest absolute Gasteiger partial charge is 0.188 e. The van der Waals surface area contributed by atoms with Crippen molar-refractivity contribution in [1.82, 2.24) is 9.19 Å². The van der Waals surface area contributed by atoms with Gasteiger partial charge >= 0.3 is 0 Å². The summed E-state index contributed by atoms with van der Waals surface area (Å²) in [6.07, 6.45) is 1.15. The molecule has 68 valence electrons. The maximum absolute atomic E-state index is 13.0. The summed E-state index contributed by atoms with van der Waals surface area (Å²) < 4.78 is 38.6. The van der Waals surface area contributed by atoms with Gasteiger partial charge in [-0.05, 0) is 0 Å². The van der Waals surface area contributed by atoms with Gasteiger partial charge in [0.1, 0.15) is 11.6 Å². The summed E-state index contributed by atoms with van der Waals surface area (Å²) in [5.74, 6) is -1.49. The Labute approximate surface area is 75.8 Å². The van der Waals surface area contributed by atoms with Crippen LogP contribution in [0.15, 0.2) is 18.3 Å². The number of hydrogen-bond acceptors (Lipinski definition) is 2. The molecule has 0 unspecified atom stereocenters. The van der Waals surface area contributed by atoms with Gasteiger partial charge in [-0.3, -0.25) is 0 Å². The van der Waals surface area contributed by atoms with Crippen molar-refractivity contribution in [2.75, 3.05) is 0 Å². The first-order valence-corrected chi connectivity index (χ1v) is 4.01. The van der Waals surface area contributed by atoms with E-state index in [2.05, 4.69) is 5.10 Å². The minimum absolute atomic E-state index is 0.0880. The minimum Gasteiger partial charge on any atom is -0.207 e. The molecule has 6 heteroatoms. The van der Waals surface area contributed by atoms with Gasteiger partial charge in [-0.15, -0.1) is 3.89 Å². The quantitative estimate of drug-likeness (QED) is 0.710. The lowest BCUT2D eigenvalue weighted by Crippen LogP contribution is -1.86. The summed E-state index contributed by atoms with van der Waals surface area (Å²) in [7, 11) is 0. The van der Waals surface area contributed by atoms with E-state index in [4.69, 9.17) is 0 Å². The fourth-order valence-corrected chi connectivity index (χ4v) is 1.39. The first kappa shape index (κ1) is 8.43. The summed E-state index contributed by atoms with van der Waals surface area (Å²) in [4.78, 5) is 0. The lowest BCUT2D eigenvalue weighted by molar-refractivity contribution is 0.592. The number of benzene rings is 1. The Hall–Kier alpha value is -1.17. The molecule has 2 aromatic rings. The van der Waals surface area contributed by atoms with E-state index in [0.29, 0.717) is 0 Å². The van der Waals surface area contributed by atoms with E-state index in [1.165, 1.54) is 0 Å². The molecule has 0 aliphatic heterocycles. The summed E-state index contributed by atoms with van der Waals surface area (Å²) in [6.45, 7) is 0. The van der Waals surface area contributed by atoms with Crippen LogP contribution in [0, 0.1) is 11.6 Å². The van der Waals surface area contributed by atoms with E-state index in [-0.39, 0.29) is 23.2 Å². The SMILES string of the molecule is FSn1ncc2c(F)cc(F)cc21. The number of hydrogen-bond donors (Lipinski definition) is 0. The van der Waals surface area contributed by atoms with E-state index in [0.717, 1.165) is 22.4 Å². The summed E-state index contributed by atoms with van der Waals surface area (Å²) >= 11 is -0.205. The Morgan fingerprint density at radius 2 is 2.08 bits per heavy atom. The zero-order valence-electron chi connectivity index (χ0n) is 6.17. The molecule has 0 aliphatic carbocycles. The van der Waals surface area contributed by atoms with Crippen molar-refractivity contribution in [1.29, 1.82) is 0 Å². The summed E-state index contributed by atoms with van der Waals surface area (Å²) in [6, 6.07) is 1.76. The molecule has 0 saturated heterocycles. The number of nitrogens with zero attached hydrogens (tertiary/aromatic N) is 2. The standard InChI is InChI=1S/C7H3F3N2S/c8-4-1-6(9)5-3-11-12(13-10)7(5)2-4/h1-3H.